The highest BCUT2D eigenvalue weighted by molar-refractivity contribution is 7.93. The van der Waals surface area contributed by atoms with Gasteiger partial charge in [-0.05, 0) is 20.0 Å². The molecule has 0 aliphatic heterocycles. The lowest BCUT2D eigenvalue weighted by Crippen LogP contribution is -2.33. The van der Waals surface area contributed by atoms with E-state index in [-0.39, 0.29) is 5.95 Å². The van der Waals surface area contributed by atoms with Crippen molar-refractivity contribution in [2.24, 2.45) is 0 Å². The van der Waals surface area contributed by atoms with Gasteiger partial charge in [-0.1, -0.05) is 0 Å². The molecule has 84 valence electrons. The lowest BCUT2D eigenvalue weighted by molar-refractivity contribution is 0.583. The first-order chi connectivity index (χ1) is 7.06. The average molecular weight is 230 g/mol. The first kappa shape index (κ1) is 11.9. The Morgan fingerprint density at radius 1 is 1.40 bits per heavy atom. The maximum absolute atomic E-state index is 11.7. The van der Waals surface area contributed by atoms with Gasteiger partial charge in [-0.25, -0.2) is 18.4 Å². The summed E-state index contributed by atoms with van der Waals surface area (Å²) in [6.45, 7) is 1.99. The van der Waals surface area contributed by atoms with Crippen LogP contribution >= 0.6 is 0 Å². The average Bonchev–Trinajstić information content (AvgIpc) is 2.19. The number of sulfonamides is 1. The van der Waals surface area contributed by atoms with E-state index in [4.69, 9.17) is 0 Å². The molecule has 1 aromatic heterocycles. The van der Waals surface area contributed by atoms with Crippen molar-refractivity contribution in [3.63, 3.8) is 0 Å². The molecule has 0 saturated heterocycles. The van der Waals surface area contributed by atoms with Gasteiger partial charge in [0.2, 0.25) is 16.0 Å². The highest BCUT2D eigenvalue weighted by Crippen LogP contribution is 2.04. The third-order valence-electron chi connectivity index (χ3n) is 1.82. The molecule has 2 N–H and O–H groups in total. The second-order valence-electron chi connectivity index (χ2n) is 3.09. The third kappa shape index (κ3) is 3.45. The number of hydrogen-bond acceptors (Lipinski definition) is 5. The van der Waals surface area contributed by atoms with E-state index in [9.17, 15) is 8.42 Å². The number of nitrogens with one attached hydrogen (secondary N) is 2. The van der Waals surface area contributed by atoms with Gasteiger partial charge in [0.25, 0.3) is 0 Å². The van der Waals surface area contributed by atoms with Gasteiger partial charge in [0, 0.05) is 18.9 Å². The Morgan fingerprint density at radius 2 is 2.00 bits per heavy atom. The summed E-state index contributed by atoms with van der Waals surface area (Å²) in [6, 6.07) is 1.62. The summed E-state index contributed by atoms with van der Waals surface area (Å²) in [4.78, 5) is 7.57. The van der Waals surface area contributed by atoms with Crippen LogP contribution < -0.4 is 10.0 Å². The van der Waals surface area contributed by atoms with Gasteiger partial charge in [-0.15, -0.1) is 0 Å². The quantitative estimate of drug-likeness (QED) is 0.733. The molecule has 1 heterocycles. The predicted molar refractivity (Wildman–Crippen MR) is 58.0 cm³/mol. The molecule has 1 rings (SSSR count). The zero-order valence-electron chi connectivity index (χ0n) is 8.64. The molecule has 15 heavy (non-hydrogen) atoms. The van der Waals surface area contributed by atoms with Crippen molar-refractivity contribution < 1.29 is 8.42 Å². The van der Waals surface area contributed by atoms with E-state index in [0.717, 1.165) is 0 Å². The van der Waals surface area contributed by atoms with Crippen molar-refractivity contribution in [1.29, 1.82) is 0 Å². The van der Waals surface area contributed by atoms with E-state index in [0.29, 0.717) is 6.54 Å². The van der Waals surface area contributed by atoms with Crippen molar-refractivity contribution in [2.45, 2.75) is 12.2 Å². The van der Waals surface area contributed by atoms with Crippen molar-refractivity contribution >= 4 is 16.0 Å². The van der Waals surface area contributed by atoms with Crippen molar-refractivity contribution in [1.82, 2.24) is 15.3 Å². The van der Waals surface area contributed by atoms with Gasteiger partial charge in [-0.2, -0.15) is 0 Å². The summed E-state index contributed by atoms with van der Waals surface area (Å²) in [7, 11) is -1.71. The fourth-order valence-corrected chi connectivity index (χ4v) is 1.92. The Bertz CT molecular complexity index is 392. The summed E-state index contributed by atoms with van der Waals surface area (Å²) >= 11 is 0. The van der Waals surface area contributed by atoms with Gasteiger partial charge in [-0.3, -0.25) is 4.72 Å². The molecule has 0 saturated carbocycles. The largest absolute Gasteiger partial charge is 0.318 e. The maximum atomic E-state index is 11.7. The van der Waals surface area contributed by atoms with Crippen LogP contribution in [0.5, 0.6) is 0 Å². The lowest BCUT2D eigenvalue weighted by atomic mass is 10.5. The maximum Gasteiger partial charge on any atom is 0.238 e. The zero-order chi connectivity index (χ0) is 11.3. The Balaban J connectivity index is 2.73. The Hall–Kier alpha value is -1.21. The highest BCUT2D eigenvalue weighted by Gasteiger charge is 2.20. The highest BCUT2D eigenvalue weighted by atomic mass is 32.2. The minimum Gasteiger partial charge on any atom is -0.318 e. The molecule has 0 bridgehead atoms. The summed E-state index contributed by atoms with van der Waals surface area (Å²) in [5.74, 6) is 0.0976. The number of nitrogens with zero attached hydrogens (tertiary/aromatic N) is 2. The van der Waals surface area contributed by atoms with Crippen LogP contribution in [-0.2, 0) is 10.0 Å². The number of anilines is 1. The zero-order valence-corrected chi connectivity index (χ0v) is 9.45. The molecule has 6 nitrogen and oxygen atoms in total. The standard InChI is InChI=1S/C8H14N4O2S/c1-7(6-9-2)15(13,14)12-8-10-4-3-5-11-8/h3-5,7,9H,6H2,1-2H3,(H,10,11,12). The predicted octanol–water partition coefficient (Wildman–Crippen LogP) is -0.174. The van der Waals surface area contributed by atoms with E-state index in [1.807, 2.05) is 0 Å². The van der Waals surface area contributed by atoms with E-state index >= 15 is 0 Å². The second kappa shape index (κ2) is 5.04. The van der Waals surface area contributed by atoms with Gasteiger partial charge < -0.3 is 5.32 Å². The first-order valence-corrected chi connectivity index (χ1v) is 6.04. The van der Waals surface area contributed by atoms with E-state index in [1.165, 1.54) is 12.4 Å². The van der Waals surface area contributed by atoms with E-state index < -0.39 is 15.3 Å². The molecular weight excluding hydrogens is 216 g/mol. The minimum absolute atomic E-state index is 0.0976. The molecule has 0 fully saturated rings. The van der Waals surface area contributed by atoms with Crippen LogP contribution in [0.4, 0.5) is 5.95 Å². The van der Waals surface area contributed by atoms with Crippen molar-refractivity contribution in [3.05, 3.63) is 18.5 Å². The van der Waals surface area contributed by atoms with E-state index in [1.54, 1.807) is 20.0 Å². The summed E-state index contributed by atoms with van der Waals surface area (Å²) in [6.07, 6.45) is 2.96. The van der Waals surface area contributed by atoms with Gasteiger partial charge >= 0.3 is 0 Å². The van der Waals surface area contributed by atoms with Crippen LogP contribution in [0.25, 0.3) is 0 Å². The molecular formula is C8H14N4O2S. The molecule has 0 spiro atoms. The topological polar surface area (TPSA) is 84.0 Å². The molecule has 7 heteroatoms. The molecule has 1 atom stereocenters. The van der Waals surface area contributed by atoms with Crippen LogP contribution in [0.2, 0.25) is 0 Å². The molecule has 0 aliphatic carbocycles. The molecule has 0 aliphatic rings. The van der Waals surface area contributed by atoms with Crippen LogP contribution in [0.15, 0.2) is 18.5 Å². The van der Waals surface area contributed by atoms with Crippen molar-refractivity contribution in [3.8, 4) is 0 Å². The normalized spacial score (nSPS) is 13.5. The van der Waals surface area contributed by atoms with Gasteiger partial charge in [0.15, 0.2) is 0 Å². The smallest absolute Gasteiger partial charge is 0.238 e. The Labute approximate surface area is 89.2 Å². The summed E-state index contributed by atoms with van der Waals surface area (Å²) in [5, 5.41) is 2.26. The number of hydrogen-bond donors (Lipinski definition) is 2. The van der Waals surface area contributed by atoms with E-state index in [2.05, 4.69) is 20.0 Å². The molecule has 0 amide bonds. The Kier molecular flexibility index (Phi) is 3.98. The first-order valence-electron chi connectivity index (χ1n) is 4.49. The van der Waals surface area contributed by atoms with Crippen LogP contribution in [-0.4, -0.2) is 37.2 Å². The van der Waals surface area contributed by atoms with Crippen LogP contribution in [0.3, 0.4) is 0 Å². The summed E-state index contributed by atoms with van der Waals surface area (Å²) < 4.78 is 25.6. The fourth-order valence-electron chi connectivity index (χ4n) is 0.977. The second-order valence-corrected chi connectivity index (χ2v) is 5.19. The fraction of sp³-hybridized carbons (Fsp3) is 0.500. The monoisotopic (exact) mass is 230 g/mol. The van der Waals surface area contributed by atoms with Crippen LogP contribution in [0.1, 0.15) is 6.92 Å². The number of rotatable bonds is 5. The molecule has 1 unspecified atom stereocenters. The minimum atomic E-state index is -3.41. The third-order valence-corrected chi connectivity index (χ3v) is 3.51. The number of aromatic nitrogens is 2. The van der Waals surface area contributed by atoms with Gasteiger partial charge in [0.1, 0.15) is 0 Å². The van der Waals surface area contributed by atoms with Crippen molar-refractivity contribution in [2.75, 3.05) is 18.3 Å². The summed E-state index contributed by atoms with van der Waals surface area (Å²) in [5.41, 5.74) is 0. The lowest BCUT2D eigenvalue weighted by Gasteiger charge is -2.12. The Morgan fingerprint density at radius 3 is 2.53 bits per heavy atom. The van der Waals surface area contributed by atoms with Crippen LogP contribution in [0, 0.1) is 0 Å². The molecule has 0 aromatic carbocycles. The SMILES string of the molecule is CNCC(C)S(=O)(=O)Nc1ncccn1. The van der Waals surface area contributed by atoms with Gasteiger partial charge in [0.05, 0.1) is 5.25 Å². The molecule has 1 aromatic rings. The molecule has 0 radical (unpaired) electrons.